The number of rotatable bonds is 4. The van der Waals surface area contributed by atoms with E-state index in [0.717, 1.165) is 4.73 Å². The van der Waals surface area contributed by atoms with Gasteiger partial charge in [0.2, 0.25) is 0 Å². The number of hydrogen-bond acceptors (Lipinski definition) is 2. The number of nitrogens with zero attached hydrogens (tertiary/aromatic N) is 1. The zero-order valence-electron chi connectivity index (χ0n) is 10.5. The topological polar surface area (TPSA) is 47.2 Å². The highest BCUT2D eigenvalue weighted by Gasteiger charge is 2.36. The first kappa shape index (κ1) is 13.0. The summed E-state index contributed by atoms with van der Waals surface area (Å²) < 4.78 is 0.829. The summed E-state index contributed by atoms with van der Waals surface area (Å²) in [7, 11) is 0. The van der Waals surface area contributed by atoms with Crippen molar-refractivity contribution in [1.82, 2.24) is 0 Å². The van der Waals surface area contributed by atoms with Crippen molar-refractivity contribution in [3.8, 4) is 0 Å². The minimum atomic E-state index is -0.826. The Balaban J connectivity index is 2.98. The first-order valence-electron chi connectivity index (χ1n) is 5.77. The van der Waals surface area contributed by atoms with E-state index in [-0.39, 0.29) is 11.8 Å². The predicted molar refractivity (Wildman–Crippen MR) is 63.7 cm³/mol. The molecule has 16 heavy (non-hydrogen) atoms. The zero-order valence-corrected chi connectivity index (χ0v) is 10.5. The van der Waals surface area contributed by atoms with E-state index in [9.17, 15) is 10.3 Å². The first-order valence-corrected chi connectivity index (χ1v) is 5.77. The lowest BCUT2D eigenvalue weighted by molar-refractivity contribution is -0.615. The zero-order chi connectivity index (χ0) is 12.3. The van der Waals surface area contributed by atoms with Gasteiger partial charge < -0.3 is 10.3 Å². The van der Waals surface area contributed by atoms with Crippen molar-refractivity contribution < 1.29 is 9.84 Å². The first-order chi connectivity index (χ1) is 7.38. The van der Waals surface area contributed by atoms with Crippen LogP contribution >= 0.6 is 0 Å². The molecular weight excluding hydrogens is 202 g/mol. The second-order valence-electron chi connectivity index (χ2n) is 5.00. The van der Waals surface area contributed by atoms with E-state index >= 15 is 0 Å². The van der Waals surface area contributed by atoms with Crippen LogP contribution in [0.15, 0.2) is 24.4 Å². The molecule has 3 heteroatoms. The Morgan fingerprint density at radius 2 is 1.81 bits per heavy atom. The van der Waals surface area contributed by atoms with Gasteiger partial charge in [0, 0.05) is 12.1 Å². The van der Waals surface area contributed by atoms with Gasteiger partial charge in [0.25, 0.3) is 0 Å². The van der Waals surface area contributed by atoms with Crippen molar-refractivity contribution in [2.75, 3.05) is 0 Å². The Morgan fingerprint density at radius 1 is 1.25 bits per heavy atom. The second-order valence-corrected chi connectivity index (χ2v) is 5.00. The van der Waals surface area contributed by atoms with Gasteiger partial charge in [0.15, 0.2) is 11.9 Å². The van der Waals surface area contributed by atoms with Crippen LogP contribution in [-0.4, -0.2) is 10.7 Å². The van der Waals surface area contributed by atoms with Crippen molar-refractivity contribution in [1.29, 1.82) is 0 Å². The van der Waals surface area contributed by atoms with Crippen LogP contribution in [0.4, 0.5) is 0 Å². The maximum Gasteiger partial charge on any atom is 0.195 e. The highest BCUT2D eigenvalue weighted by Crippen LogP contribution is 2.29. The van der Waals surface area contributed by atoms with Gasteiger partial charge in [-0.2, -0.15) is 4.73 Å². The fraction of sp³-hybridized carbons (Fsp3) is 0.615. The summed E-state index contributed by atoms with van der Waals surface area (Å²) in [5.74, 6) is 0.236. The van der Waals surface area contributed by atoms with Gasteiger partial charge in [-0.25, -0.2) is 0 Å². The van der Waals surface area contributed by atoms with Gasteiger partial charge in [-0.15, -0.1) is 0 Å². The summed E-state index contributed by atoms with van der Waals surface area (Å²) in [6.07, 6.45) is 1.86. The normalized spacial score (nSPS) is 12.4. The van der Waals surface area contributed by atoms with Crippen LogP contribution < -0.4 is 4.73 Å². The third kappa shape index (κ3) is 2.53. The molecule has 0 spiro atoms. The molecule has 1 N–H and O–H groups in total. The molecule has 90 valence electrons. The van der Waals surface area contributed by atoms with Crippen LogP contribution in [-0.2, 0) is 6.42 Å². The molecule has 0 aliphatic carbocycles. The van der Waals surface area contributed by atoms with E-state index in [1.807, 2.05) is 33.8 Å². The van der Waals surface area contributed by atoms with Crippen LogP contribution in [0.1, 0.15) is 33.4 Å². The second kappa shape index (κ2) is 4.83. The van der Waals surface area contributed by atoms with Crippen molar-refractivity contribution in [3.63, 3.8) is 0 Å². The lowest BCUT2D eigenvalue weighted by Gasteiger charge is -2.35. The molecule has 3 nitrogen and oxygen atoms in total. The minimum absolute atomic E-state index is 0.118. The molecule has 0 radical (unpaired) electrons. The molecule has 0 bridgehead atoms. The molecule has 0 aliphatic rings. The van der Waals surface area contributed by atoms with Gasteiger partial charge in [-0.3, -0.25) is 0 Å². The fourth-order valence-corrected chi connectivity index (χ4v) is 1.97. The third-order valence-electron chi connectivity index (χ3n) is 3.37. The van der Waals surface area contributed by atoms with Crippen LogP contribution in [0, 0.1) is 17.0 Å². The monoisotopic (exact) mass is 223 g/mol. The molecule has 0 aliphatic heterocycles. The quantitative estimate of drug-likeness (QED) is 0.626. The third-order valence-corrected chi connectivity index (χ3v) is 3.37. The average molecular weight is 223 g/mol. The minimum Gasteiger partial charge on any atom is -0.619 e. The molecule has 1 aromatic heterocycles. The molecule has 1 heterocycles. The number of aliphatic hydroxyl groups is 1. The van der Waals surface area contributed by atoms with E-state index in [2.05, 4.69) is 0 Å². The highest BCUT2D eigenvalue weighted by atomic mass is 16.5. The SMILES string of the molecule is CC(C)C(O)(Cc1cccc[n+]1[O-])C(C)C. The predicted octanol–water partition coefficient (Wildman–Crippen LogP) is 1.91. The van der Waals surface area contributed by atoms with Crippen LogP contribution in [0.3, 0.4) is 0 Å². The molecular formula is C13H21NO2. The highest BCUT2D eigenvalue weighted by molar-refractivity contribution is 5.03. The van der Waals surface area contributed by atoms with Gasteiger partial charge in [-0.1, -0.05) is 33.8 Å². The Bertz CT molecular complexity index is 340. The molecule has 0 amide bonds. The fourth-order valence-electron chi connectivity index (χ4n) is 1.97. The Hall–Kier alpha value is -1.09. The number of hydrogen-bond donors (Lipinski definition) is 1. The van der Waals surface area contributed by atoms with Crippen LogP contribution in [0.5, 0.6) is 0 Å². The smallest absolute Gasteiger partial charge is 0.195 e. The van der Waals surface area contributed by atoms with E-state index in [4.69, 9.17) is 0 Å². The van der Waals surface area contributed by atoms with Gasteiger partial charge in [0.05, 0.1) is 12.0 Å². The van der Waals surface area contributed by atoms with E-state index in [1.54, 1.807) is 12.1 Å². The Labute approximate surface area is 97.3 Å². The van der Waals surface area contributed by atoms with E-state index < -0.39 is 5.60 Å². The largest absolute Gasteiger partial charge is 0.619 e. The molecule has 1 aromatic rings. The van der Waals surface area contributed by atoms with Crippen molar-refractivity contribution in [3.05, 3.63) is 35.3 Å². The number of pyridine rings is 1. The molecule has 0 aromatic carbocycles. The standard InChI is InChI=1S/C13H21NO2/c1-10(2)13(15,11(3)4)9-12-7-5-6-8-14(12)16/h5-8,10-11,15H,9H2,1-4H3. The average Bonchev–Trinajstić information content (AvgIpc) is 2.20. The summed E-state index contributed by atoms with van der Waals surface area (Å²) in [5.41, 5.74) is -0.208. The van der Waals surface area contributed by atoms with Gasteiger partial charge in [-0.05, 0) is 11.8 Å². The maximum atomic E-state index is 11.5. The van der Waals surface area contributed by atoms with E-state index in [0.29, 0.717) is 12.1 Å². The summed E-state index contributed by atoms with van der Waals surface area (Å²) >= 11 is 0. The van der Waals surface area contributed by atoms with Crippen molar-refractivity contribution in [2.45, 2.75) is 39.7 Å². The van der Waals surface area contributed by atoms with Crippen LogP contribution in [0.2, 0.25) is 0 Å². The summed E-state index contributed by atoms with van der Waals surface area (Å²) in [6.45, 7) is 7.94. The molecule has 1 rings (SSSR count). The lowest BCUT2D eigenvalue weighted by Crippen LogP contribution is -2.46. The molecule has 0 fully saturated rings. The molecule has 0 unspecified atom stereocenters. The Morgan fingerprint density at radius 3 is 2.25 bits per heavy atom. The Kier molecular flexibility index (Phi) is 3.92. The number of aromatic nitrogens is 1. The van der Waals surface area contributed by atoms with E-state index in [1.165, 1.54) is 6.20 Å². The lowest BCUT2D eigenvalue weighted by atomic mass is 9.77. The van der Waals surface area contributed by atoms with Crippen molar-refractivity contribution >= 4 is 0 Å². The summed E-state index contributed by atoms with van der Waals surface area (Å²) in [6, 6.07) is 5.29. The summed E-state index contributed by atoms with van der Waals surface area (Å²) in [4.78, 5) is 0. The maximum absolute atomic E-state index is 11.5. The molecule has 0 saturated carbocycles. The van der Waals surface area contributed by atoms with Crippen molar-refractivity contribution in [2.24, 2.45) is 11.8 Å². The molecule has 0 saturated heterocycles. The van der Waals surface area contributed by atoms with Crippen LogP contribution in [0.25, 0.3) is 0 Å². The van der Waals surface area contributed by atoms with Gasteiger partial charge >= 0.3 is 0 Å². The van der Waals surface area contributed by atoms with Gasteiger partial charge in [0.1, 0.15) is 0 Å². The molecule has 0 atom stereocenters. The summed E-state index contributed by atoms with van der Waals surface area (Å²) in [5, 5.41) is 22.1.